The van der Waals surface area contributed by atoms with Crippen molar-refractivity contribution in [2.45, 2.75) is 24.8 Å². The van der Waals surface area contributed by atoms with Gasteiger partial charge in [0.2, 0.25) is 10.0 Å². The fourth-order valence-corrected chi connectivity index (χ4v) is 5.22. The van der Waals surface area contributed by atoms with Gasteiger partial charge in [-0.1, -0.05) is 23.6 Å². The van der Waals surface area contributed by atoms with Crippen LogP contribution in [0.5, 0.6) is 5.75 Å². The third-order valence-electron chi connectivity index (χ3n) is 5.91. The Morgan fingerprint density at radius 3 is 2.25 bits per heavy atom. The summed E-state index contributed by atoms with van der Waals surface area (Å²) in [6.07, 6.45) is 0. The number of hydrogen-bond donors (Lipinski definition) is 1. The highest BCUT2D eigenvalue weighted by Crippen LogP contribution is 2.19. The van der Waals surface area contributed by atoms with Crippen LogP contribution in [0.1, 0.15) is 22.8 Å². The van der Waals surface area contributed by atoms with Crippen molar-refractivity contribution >= 4 is 21.9 Å². The van der Waals surface area contributed by atoms with Crippen LogP contribution in [0.2, 0.25) is 0 Å². The van der Waals surface area contributed by atoms with Crippen molar-refractivity contribution in [3.63, 3.8) is 0 Å². The van der Waals surface area contributed by atoms with E-state index in [1.807, 2.05) is 11.8 Å². The maximum absolute atomic E-state index is 13.0. The zero-order valence-electron chi connectivity index (χ0n) is 20.7. The summed E-state index contributed by atoms with van der Waals surface area (Å²) >= 11 is 0. The Hall–Kier alpha value is -3.39. The average Bonchev–Trinajstić information content (AvgIpc) is 2.89. The van der Waals surface area contributed by atoms with Gasteiger partial charge in [0.1, 0.15) is 18.4 Å². The predicted octanol–water partition coefficient (Wildman–Crippen LogP) is 1.68. The van der Waals surface area contributed by atoms with Crippen LogP contribution in [-0.2, 0) is 19.6 Å². The summed E-state index contributed by atoms with van der Waals surface area (Å²) in [5.74, 6) is 5.30. The van der Waals surface area contributed by atoms with Crippen LogP contribution < -0.4 is 10.1 Å². The highest BCUT2D eigenvalue weighted by Gasteiger charge is 2.34. The molecule has 0 aromatic heterocycles. The van der Waals surface area contributed by atoms with Crippen molar-refractivity contribution < 1.29 is 27.5 Å². The average molecular weight is 514 g/mol. The van der Waals surface area contributed by atoms with Gasteiger partial charge in [-0.2, -0.15) is 4.31 Å². The summed E-state index contributed by atoms with van der Waals surface area (Å²) in [5.41, 5.74) is 1.40. The van der Waals surface area contributed by atoms with Gasteiger partial charge < -0.3 is 14.8 Å². The molecule has 192 valence electrons. The number of sulfonamides is 1. The second kappa shape index (κ2) is 12.5. The van der Waals surface area contributed by atoms with Crippen molar-refractivity contribution in [3.8, 4) is 17.6 Å². The molecule has 2 aromatic rings. The molecular weight excluding hydrogens is 482 g/mol. The largest absolute Gasteiger partial charge is 0.481 e. The van der Waals surface area contributed by atoms with Gasteiger partial charge in [-0.15, -0.1) is 5.92 Å². The highest BCUT2D eigenvalue weighted by atomic mass is 32.2. The molecule has 0 saturated carbocycles. The van der Waals surface area contributed by atoms with E-state index >= 15 is 0 Å². The third-order valence-corrected chi connectivity index (χ3v) is 7.82. The number of aryl methyl sites for hydroxylation is 1. The van der Waals surface area contributed by atoms with Crippen molar-refractivity contribution in [1.82, 2.24) is 14.5 Å². The molecular formula is C26H31N3O6S. The van der Waals surface area contributed by atoms with E-state index in [1.54, 1.807) is 55.5 Å². The molecule has 1 amide bonds. The first-order valence-corrected chi connectivity index (χ1v) is 13.0. The number of piperazine rings is 1. The van der Waals surface area contributed by atoms with Crippen LogP contribution in [0.4, 0.5) is 0 Å². The molecule has 0 aliphatic carbocycles. The monoisotopic (exact) mass is 513 g/mol. The first-order valence-electron chi connectivity index (χ1n) is 11.6. The van der Waals surface area contributed by atoms with Gasteiger partial charge in [0.15, 0.2) is 0 Å². The lowest BCUT2D eigenvalue weighted by atomic mass is 10.1. The molecule has 0 radical (unpaired) electrons. The maximum Gasteiger partial charge on any atom is 0.324 e. The summed E-state index contributed by atoms with van der Waals surface area (Å²) in [4.78, 5) is 27.2. The van der Waals surface area contributed by atoms with Crippen molar-refractivity contribution in [1.29, 1.82) is 0 Å². The number of carbonyl (C=O) groups excluding carboxylic acids is 2. The van der Waals surface area contributed by atoms with Crippen LogP contribution in [-0.4, -0.2) is 82.0 Å². The molecule has 3 rings (SSSR count). The Labute approximate surface area is 212 Å². The molecule has 1 unspecified atom stereocenters. The number of nitrogens with one attached hydrogen (secondary N) is 1. The Morgan fingerprint density at radius 1 is 1.03 bits per heavy atom. The fourth-order valence-electron chi connectivity index (χ4n) is 3.80. The van der Waals surface area contributed by atoms with Gasteiger partial charge >= 0.3 is 5.97 Å². The zero-order valence-corrected chi connectivity index (χ0v) is 21.5. The molecule has 1 atom stereocenters. The maximum atomic E-state index is 13.0. The van der Waals surface area contributed by atoms with Crippen LogP contribution in [0.25, 0.3) is 0 Å². The minimum absolute atomic E-state index is 0.0283. The van der Waals surface area contributed by atoms with Gasteiger partial charge in [-0.25, -0.2) is 8.42 Å². The zero-order chi connectivity index (χ0) is 26.1. The molecule has 0 bridgehead atoms. The number of hydrogen-bond acceptors (Lipinski definition) is 7. The van der Waals surface area contributed by atoms with Crippen LogP contribution in [0, 0.1) is 18.8 Å². The van der Waals surface area contributed by atoms with E-state index in [4.69, 9.17) is 9.47 Å². The van der Waals surface area contributed by atoms with Crippen molar-refractivity contribution in [2.75, 3.05) is 46.4 Å². The molecule has 36 heavy (non-hydrogen) atoms. The van der Waals surface area contributed by atoms with E-state index in [-0.39, 0.29) is 37.0 Å². The summed E-state index contributed by atoms with van der Waals surface area (Å²) in [6, 6.07) is 12.6. The molecule has 1 saturated heterocycles. The lowest BCUT2D eigenvalue weighted by molar-refractivity contribution is -0.147. The topological polar surface area (TPSA) is 105 Å². The molecule has 9 nitrogen and oxygen atoms in total. The second-order valence-electron chi connectivity index (χ2n) is 8.24. The number of amides is 1. The Bertz CT molecular complexity index is 1210. The SMILES string of the molecule is CC#CCOc1ccc(C(=O)NCC(C(=O)OC)N2CCN(S(=O)(=O)c3ccc(C)cc3)CC2)cc1. The summed E-state index contributed by atoms with van der Waals surface area (Å²) in [6.45, 7) is 5.02. The number of ether oxygens (including phenoxy) is 2. The smallest absolute Gasteiger partial charge is 0.324 e. The highest BCUT2D eigenvalue weighted by molar-refractivity contribution is 7.89. The number of methoxy groups -OCH3 is 1. The Kier molecular flexibility index (Phi) is 9.47. The van der Waals surface area contributed by atoms with Gasteiger partial charge in [0.25, 0.3) is 5.91 Å². The summed E-state index contributed by atoms with van der Waals surface area (Å²) in [7, 11) is -2.33. The fraction of sp³-hybridized carbons (Fsp3) is 0.385. The lowest BCUT2D eigenvalue weighted by Crippen LogP contribution is -2.57. The molecule has 10 heteroatoms. The quantitative estimate of drug-likeness (QED) is 0.402. The second-order valence-corrected chi connectivity index (χ2v) is 10.2. The lowest BCUT2D eigenvalue weighted by Gasteiger charge is -2.37. The Morgan fingerprint density at radius 2 is 1.67 bits per heavy atom. The van der Waals surface area contributed by atoms with Gasteiger partial charge in [-0.05, 0) is 50.2 Å². The van der Waals surface area contributed by atoms with Gasteiger partial charge in [0.05, 0.1) is 12.0 Å². The van der Waals surface area contributed by atoms with E-state index in [2.05, 4.69) is 17.2 Å². The first kappa shape index (κ1) is 27.2. The number of benzene rings is 2. The number of carbonyl (C=O) groups is 2. The molecule has 2 aromatic carbocycles. The van der Waals surface area contributed by atoms with Crippen molar-refractivity contribution in [3.05, 3.63) is 59.7 Å². The molecule has 1 N–H and O–H groups in total. The standard InChI is InChI=1S/C26H31N3O6S/c1-4-5-18-35-22-10-8-21(9-11-22)25(30)27-19-24(26(31)34-3)28-14-16-29(17-15-28)36(32,33)23-12-6-20(2)7-13-23/h6-13,24H,14-19H2,1-3H3,(H,27,30). The predicted molar refractivity (Wildman–Crippen MR) is 135 cm³/mol. The summed E-state index contributed by atoms with van der Waals surface area (Å²) in [5, 5.41) is 2.78. The molecule has 1 aliphatic rings. The Balaban J connectivity index is 1.59. The minimum atomic E-state index is -3.62. The van der Waals surface area contributed by atoms with E-state index < -0.39 is 22.0 Å². The van der Waals surface area contributed by atoms with E-state index in [0.29, 0.717) is 24.4 Å². The number of rotatable bonds is 9. The van der Waals surface area contributed by atoms with E-state index in [1.165, 1.54) is 11.4 Å². The normalized spacial score (nSPS) is 15.3. The molecule has 1 fully saturated rings. The van der Waals surface area contributed by atoms with E-state index in [0.717, 1.165) is 5.56 Å². The van der Waals surface area contributed by atoms with Gasteiger partial charge in [-0.3, -0.25) is 14.5 Å². The number of esters is 1. The number of nitrogens with zero attached hydrogens (tertiary/aromatic N) is 2. The first-order chi connectivity index (χ1) is 17.3. The summed E-state index contributed by atoms with van der Waals surface area (Å²) < 4.78 is 37.8. The minimum Gasteiger partial charge on any atom is -0.481 e. The molecule has 1 aliphatic heterocycles. The molecule has 1 heterocycles. The van der Waals surface area contributed by atoms with Gasteiger partial charge in [0, 0.05) is 38.3 Å². The molecule has 0 spiro atoms. The van der Waals surface area contributed by atoms with E-state index in [9.17, 15) is 18.0 Å². The van der Waals surface area contributed by atoms with Crippen LogP contribution >= 0.6 is 0 Å². The third kappa shape index (κ3) is 6.85. The van der Waals surface area contributed by atoms with Crippen LogP contribution in [0.15, 0.2) is 53.4 Å². The van der Waals surface area contributed by atoms with Crippen molar-refractivity contribution in [2.24, 2.45) is 0 Å². The van der Waals surface area contributed by atoms with Crippen LogP contribution in [0.3, 0.4) is 0 Å².